The molecule has 0 atom stereocenters. The van der Waals surface area contributed by atoms with Gasteiger partial charge in [-0.3, -0.25) is 14.5 Å². The second kappa shape index (κ2) is 24.2. The van der Waals surface area contributed by atoms with E-state index in [4.69, 9.17) is 20.7 Å². The molecule has 432 valence electrons. The first-order valence-electron chi connectivity index (χ1n) is 26.6. The number of nitrogens with one attached hydrogen (secondary N) is 6. The van der Waals surface area contributed by atoms with Crippen LogP contribution >= 0.6 is 0 Å². The van der Waals surface area contributed by atoms with Crippen LogP contribution in [0.4, 0.5) is 84.3 Å². The molecule has 83 heavy (non-hydrogen) atoms. The SMILES string of the molecule is Cc1ccc(C(=O)Nc2ccc(C(F)(F)F)cc2)cc1Nc1ncnc2c(NCc3ccc(C(=O)Nc4ccc(C(F)(F)F)cc4)cc3Nc3ncnc4c(N)nc(NCCN(C)C)nc34)nc(N3CCN(C4CCN(C)CC4)CC3)nc12. The zero-order valence-electron chi connectivity index (χ0n) is 45.6. The third kappa shape index (κ3) is 13.6. The van der Waals surface area contributed by atoms with Crippen LogP contribution in [0.1, 0.15) is 55.8 Å². The molecule has 2 saturated heterocycles. The lowest BCUT2D eigenvalue weighted by atomic mass is 10.0. The highest BCUT2D eigenvalue weighted by molar-refractivity contribution is 6.06. The topological polar surface area (TPSA) is 248 Å². The van der Waals surface area contributed by atoms with Gasteiger partial charge in [-0.2, -0.15) is 36.3 Å². The van der Waals surface area contributed by atoms with E-state index in [0.29, 0.717) is 72.0 Å². The summed E-state index contributed by atoms with van der Waals surface area (Å²) in [7, 11) is 6.00. The number of aryl methyl sites for hydroxylation is 1. The first-order valence-corrected chi connectivity index (χ1v) is 26.6. The summed E-state index contributed by atoms with van der Waals surface area (Å²) < 4.78 is 80.1. The van der Waals surface area contributed by atoms with Crippen molar-refractivity contribution < 1.29 is 35.9 Å². The Morgan fingerprint density at radius 2 is 1.18 bits per heavy atom. The van der Waals surface area contributed by atoms with Crippen LogP contribution < -0.4 is 42.5 Å². The molecule has 4 aromatic carbocycles. The van der Waals surface area contributed by atoms with Crippen LogP contribution in [-0.4, -0.2) is 146 Å². The number of carbonyl (C=O) groups is 2. The van der Waals surface area contributed by atoms with E-state index >= 15 is 0 Å². The second-order valence-electron chi connectivity index (χ2n) is 20.5. The van der Waals surface area contributed by atoms with Crippen molar-refractivity contribution in [1.29, 1.82) is 0 Å². The van der Waals surface area contributed by atoms with Gasteiger partial charge in [-0.1, -0.05) is 12.1 Å². The Morgan fingerprint density at radius 3 is 1.77 bits per heavy atom. The smallest absolute Gasteiger partial charge is 0.382 e. The molecule has 0 aliphatic carbocycles. The summed E-state index contributed by atoms with van der Waals surface area (Å²) in [6, 6.07) is 18.5. The van der Waals surface area contributed by atoms with Gasteiger partial charge in [0.05, 0.1) is 11.1 Å². The van der Waals surface area contributed by atoms with E-state index < -0.39 is 35.3 Å². The molecule has 0 spiro atoms. The lowest BCUT2D eigenvalue weighted by molar-refractivity contribution is -0.138. The molecule has 2 aliphatic rings. The molecular weight excluding hydrogens is 1080 g/mol. The number of rotatable bonds is 17. The standard InChI is InChI=1S/C56H59F6N19O2/c1-32-5-6-33(51(82)70-38-13-9-36(10-14-38)55(57,58)59)27-41(32)72-50-46-44(67-31-69-50)48(77-54(75-46)81-25-23-80(24-26-81)40-17-20-79(4)21-18-40)65-29-35-8-7-34(52(83)71-39-15-11-37(12-16-39)56(60,61)62)28-42(35)73-49-45-43(66-30-68-49)47(63)76-53(74-45)64-19-22-78(2)3/h5-16,27-28,30-31,40H,17-26,29H2,1-4H3,(H,70,82)(H,71,83)(H,65,75,77)(H,66,68,73)(H,67,69,72)(H3,63,64,74,76). The van der Waals surface area contributed by atoms with E-state index in [-0.39, 0.29) is 63.5 Å². The number of piperazine rings is 1. The molecule has 0 saturated carbocycles. The number of alkyl halides is 6. The lowest BCUT2D eigenvalue weighted by Gasteiger charge is -2.42. The highest BCUT2D eigenvalue weighted by atomic mass is 19.4. The number of nitrogens with two attached hydrogens (primary N) is 1. The summed E-state index contributed by atoms with van der Waals surface area (Å²) in [4.78, 5) is 73.9. The summed E-state index contributed by atoms with van der Waals surface area (Å²) in [5, 5.41) is 18.7. The Kier molecular flexibility index (Phi) is 16.6. The van der Waals surface area contributed by atoms with Crippen LogP contribution in [0.15, 0.2) is 97.6 Å². The Balaban J connectivity index is 0.990. The van der Waals surface area contributed by atoms with Crippen molar-refractivity contribution in [2.45, 2.75) is 44.7 Å². The van der Waals surface area contributed by atoms with E-state index in [1.54, 1.807) is 36.4 Å². The number of carbonyl (C=O) groups excluding carboxylic acids is 2. The highest BCUT2D eigenvalue weighted by Crippen LogP contribution is 2.35. The normalized spacial score (nSPS) is 14.7. The maximum Gasteiger partial charge on any atom is 0.416 e. The maximum atomic E-state index is 13.9. The summed E-state index contributed by atoms with van der Waals surface area (Å²) in [5.74, 6) is 0.385. The predicted molar refractivity (Wildman–Crippen MR) is 306 cm³/mol. The van der Waals surface area contributed by atoms with E-state index in [1.807, 2.05) is 25.9 Å². The van der Waals surface area contributed by atoms with E-state index in [0.717, 1.165) is 68.8 Å². The molecule has 0 unspecified atom stereocenters. The van der Waals surface area contributed by atoms with Gasteiger partial charge in [0.15, 0.2) is 23.3 Å². The van der Waals surface area contributed by atoms with Crippen molar-refractivity contribution in [2.24, 2.45) is 0 Å². The maximum absolute atomic E-state index is 13.9. The Bertz CT molecular complexity index is 3650. The lowest BCUT2D eigenvalue weighted by Crippen LogP contribution is -2.53. The number of piperidine rings is 1. The number of hydrogen-bond acceptors (Lipinski definition) is 19. The van der Waals surface area contributed by atoms with E-state index in [9.17, 15) is 35.9 Å². The molecule has 2 aliphatic heterocycles. The largest absolute Gasteiger partial charge is 0.416 e. The van der Waals surface area contributed by atoms with Crippen LogP contribution in [0.3, 0.4) is 0 Å². The number of nitrogens with zero attached hydrogens (tertiary/aromatic N) is 12. The minimum Gasteiger partial charge on any atom is -0.382 e. The van der Waals surface area contributed by atoms with Gasteiger partial charge in [-0.15, -0.1) is 0 Å². The van der Waals surface area contributed by atoms with Gasteiger partial charge in [0, 0.05) is 85.7 Å². The fourth-order valence-corrected chi connectivity index (χ4v) is 9.68. The average molecular weight is 1140 g/mol. The van der Waals surface area contributed by atoms with Gasteiger partial charge in [0.25, 0.3) is 11.8 Å². The highest BCUT2D eigenvalue weighted by Gasteiger charge is 2.32. The zero-order valence-corrected chi connectivity index (χ0v) is 45.6. The molecule has 10 rings (SSSR count). The third-order valence-corrected chi connectivity index (χ3v) is 14.4. The fraction of sp³-hybridized carbons (Fsp3) is 0.321. The van der Waals surface area contributed by atoms with Gasteiger partial charge in [-0.05, 0) is 138 Å². The second-order valence-corrected chi connectivity index (χ2v) is 20.5. The molecule has 6 heterocycles. The third-order valence-electron chi connectivity index (χ3n) is 14.4. The van der Waals surface area contributed by atoms with E-state index in [2.05, 4.69) is 78.6 Å². The number of fused-ring (bicyclic) bond motifs is 2. The number of anilines is 10. The molecular formula is C56H59F6N19O2. The van der Waals surface area contributed by atoms with Crippen molar-refractivity contribution >= 4 is 91.8 Å². The minimum atomic E-state index is -4.57. The number of hydrogen-bond donors (Lipinski definition) is 7. The van der Waals surface area contributed by atoms with Crippen LogP contribution in [-0.2, 0) is 18.9 Å². The van der Waals surface area contributed by atoms with Gasteiger partial charge in [-0.25, -0.2) is 29.9 Å². The zero-order chi connectivity index (χ0) is 58.6. The van der Waals surface area contributed by atoms with Gasteiger partial charge in [0.2, 0.25) is 11.9 Å². The van der Waals surface area contributed by atoms with Crippen LogP contribution in [0.5, 0.6) is 0 Å². The van der Waals surface area contributed by atoms with Crippen LogP contribution in [0.2, 0.25) is 0 Å². The monoisotopic (exact) mass is 1140 g/mol. The minimum absolute atomic E-state index is 0.0536. The molecule has 27 heteroatoms. The summed E-state index contributed by atoms with van der Waals surface area (Å²) >= 11 is 0. The summed E-state index contributed by atoms with van der Waals surface area (Å²) in [6.07, 6.45) is -4.30. The molecule has 8 N–H and O–H groups in total. The van der Waals surface area contributed by atoms with Crippen molar-refractivity contribution in [3.05, 3.63) is 131 Å². The van der Waals surface area contributed by atoms with Crippen molar-refractivity contribution in [3.8, 4) is 0 Å². The fourth-order valence-electron chi connectivity index (χ4n) is 9.68. The van der Waals surface area contributed by atoms with Crippen molar-refractivity contribution in [2.75, 3.05) is 116 Å². The number of likely N-dealkylation sites (tertiary alicyclic amines) is 1. The first kappa shape index (κ1) is 57.2. The summed E-state index contributed by atoms with van der Waals surface area (Å²) in [5.41, 5.74) is 8.76. The van der Waals surface area contributed by atoms with Gasteiger partial charge in [0.1, 0.15) is 34.7 Å². The molecule has 0 bridgehead atoms. The molecule has 2 amide bonds. The van der Waals surface area contributed by atoms with Crippen LogP contribution in [0.25, 0.3) is 22.1 Å². The molecule has 0 radical (unpaired) electrons. The van der Waals surface area contributed by atoms with Gasteiger partial charge < -0.3 is 52.3 Å². The molecule has 4 aromatic heterocycles. The van der Waals surface area contributed by atoms with Crippen molar-refractivity contribution in [1.82, 2.24) is 54.6 Å². The Labute approximate surface area is 472 Å². The summed E-state index contributed by atoms with van der Waals surface area (Å²) in [6.45, 7) is 7.93. The Hall–Kier alpha value is -9.08. The molecule has 8 aromatic rings. The average Bonchev–Trinajstić information content (AvgIpc) is 3.55. The predicted octanol–water partition coefficient (Wildman–Crippen LogP) is 8.87. The number of nitrogen functional groups attached to an aromatic ring is 1. The number of halogens is 6. The number of benzene rings is 4. The molecule has 21 nitrogen and oxygen atoms in total. The van der Waals surface area contributed by atoms with Crippen molar-refractivity contribution in [3.63, 3.8) is 0 Å². The molecule has 2 fully saturated rings. The Morgan fingerprint density at radius 1 is 0.627 bits per heavy atom. The number of amides is 2. The quantitative estimate of drug-likeness (QED) is 0.0421. The van der Waals surface area contributed by atoms with Gasteiger partial charge >= 0.3 is 12.4 Å². The van der Waals surface area contributed by atoms with Crippen LogP contribution in [0, 0.1) is 6.92 Å². The van der Waals surface area contributed by atoms with E-state index in [1.165, 1.54) is 36.9 Å². The first-order chi connectivity index (χ1) is 39.7. The number of aromatic nitrogens is 8. The number of likely N-dealkylation sites (N-methyl/N-ethyl adjacent to an activating group) is 1.